The van der Waals surface area contributed by atoms with Crippen molar-refractivity contribution >= 4 is 21.7 Å². The topological polar surface area (TPSA) is 113 Å². The minimum atomic E-state index is -3.35. The zero-order valence-electron chi connectivity index (χ0n) is 11.3. The first kappa shape index (κ1) is 15.4. The minimum absolute atomic E-state index is 0.0555. The molecule has 0 aliphatic carbocycles. The maximum Gasteiger partial charge on any atom is 0.354 e. The van der Waals surface area contributed by atoms with Crippen LogP contribution in [0.15, 0.2) is 18.3 Å². The molecule has 0 saturated carbocycles. The van der Waals surface area contributed by atoms with Crippen molar-refractivity contribution in [2.24, 2.45) is 0 Å². The van der Waals surface area contributed by atoms with Crippen LogP contribution < -0.4 is 5.32 Å². The number of hydrogen-bond donors (Lipinski definition) is 2. The van der Waals surface area contributed by atoms with Crippen LogP contribution in [0.4, 0.5) is 0 Å². The Morgan fingerprint density at radius 3 is 2.67 bits per heavy atom. The third-order valence-corrected chi connectivity index (χ3v) is 5.56. The van der Waals surface area contributed by atoms with Gasteiger partial charge in [-0.1, -0.05) is 12.5 Å². The normalized spacial score (nSPS) is 20.7. The Labute approximate surface area is 122 Å². The van der Waals surface area contributed by atoms with Gasteiger partial charge in [-0.15, -0.1) is 0 Å². The number of pyridine rings is 1. The fraction of sp³-hybridized carbons (Fsp3) is 0.462. The van der Waals surface area contributed by atoms with Gasteiger partial charge in [0.1, 0.15) is 10.9 Å². The standard InChI is InChI=1S/C13H16N2O5S/c16-12(11-3-1-2-6-21(11,19)20)15-8-9-4-5-10(13(17)18)14-7-9/h4-5,7,11H,1-3,6,8H2,(H,15,16)(H,17,18). The highest BCUT2D eigenvalue weighted by Gasteiger charge is 2.34. The third-order valence-electron chi connectivity index (χ3n) is 3.38. The fourth-order valence-corrected chi connectivity index (χ4v) is 4.03. The van der Waals surface area contributed by atoms with E-state index in [1.54, 1.807) is 0 Å². The second-order valence-electron chi connectivity index (χ2n) is 4.93. The predicted molar refractivity (Wildman–Crippen MR) is 74.5 cm³/mol. The molecule has 8 heteroatoms. The van der Waals surface area contributed by atoms with Crippen molar-refractivity contribution in [1.82, 2.24) is 10.3 Å². The molecule has 0 aromatic carbocycles. The van der Waals surface area contributed by atoms with Gasteiger partial charge in [-0.05, 0) is 24.5 Å². The van der Waals surface area contributed by atoms with Crippen molar-refractivity contribution in [2.45, 2.75) is 31.1 Å². The van der Waals surface area contributed by atoms with Crippen LogP contribution in [-0.4, -0.2) is 41.4 Å². The second-order valence-corrected chi connectivity index (χ2v) is 7.23. The Balaban J connectivity index is 1.96. The number of nitrogens with zero attached hydrogens (tertiary/aromatic N) is 1. The van der Waals surface area contributed by atoms with Crippen LogP contribution >= 0.6 is 0 Å². The highest BCUT2D eigenvalue weighted by molar-refractivity contribution is 7.92. The molecule has 1 fully saturated rings. The summed E-state index contributed by atoms with van der Waals surface area (Å²) in [5, 5.41) is 10.3. The van der Waals surface area contributed by atoms with E-state index in [-0.39, 0.29) is 18.0 Å². The van der Waals surface area contributed by atoms with Gasteiger partial charge in [-0.3, -0.25) is 4.79 Å². The van der Waals surface area contributed by atoms with Crippen LogP contribution in [0.25, 0.3) is 0 Å². The molecule has 1 saturated heterocycles. The number of aromatic nitrogens is 1. The van der Waals surface area contributed by atoms with E-state index in [9.17, 15) is 18.0 Å². The molecule has 1 atom stereocenters. The summed E-state index contributed by atoms with van der Waals surface area (Å²) in [5.74, 6) is -1.57. The van der Waals surface area contributed by atoms with E-state index >= 15 is 0 Å². The number of aromatic carboxylic acids is 1. The van der Waals surface area contributed by atoms with E-state index < -0.39 is 27.0 Å². The molecule has 1 aromatic rings. The number of hydrogen-bond acceptors (Lipinski definition) is 5. The van der Waals surface area contributed by atoms with Crippen LogP contribution in [0.3, 0.4) is 0 Å². The van der Waals surface area contributed by atoms with Gasteiger partial charge in [-0.25, -0.2) is 18.2 Å². The highest BCUT2D eigenvalue weighted by atomic mass is 32.2. The van der Waals surface area contributed by atoms with Gasteiger partial charge >= 0.3 is 5.97 Å². The van der Waals surface area contributed by atoms with Gasteiger partial charge in [0, 0.05) is 12.7 Å². The van der Waals surface area contributed by atoms with Gasteiger partial charge < -0.3 is 10.4 Å². The largest absolute Gasteiger partial charge is 0.477 e. The molecule has 1 aliphatic heterocycles. The van der Waals surface area contributed by atoms with Crippen molar-refractivity contribution < 1.29 is 23.1 Å². The maximum atomic E-state index is 12.0. The van der Waals surface area contributed by atoms with Crippen molar-refractivity contribution in [1.29, 1.82) is 0 Å². The number of nitrogens with one attached hydrogen (secondary N) is 1. The summed E-state index contributed by atoms with van der Waals surface area (Å²) in [4.78, 5) is 26.3. The minimum Gasteiger partial charge on any atom is -0.477 e. The van der Waals surface area contributed by atoms with Crippen LogP contribution in [0, 0.1) is 0 Å². The lowest BCUT2D eigenvalue weighted by molar-refractivity contribution is -0.121. The molecule has 2 N–H and O–H groups in total. The van der Waals surface area contributed by atoms with E-state index in [0.29, 0.717) is 18.4 Å². The molecule has 2 heterocycles. The number of carboxylic acid groups (broad SMARTS) is 1. The Morgan fingerprint density at radius 1 is 1.33 bits per heavy atom. The van der Waals surface area contributed by atoms with E-state index in [4.69, 9.17) is 5.11 Å². The molecule has 2 rings (SSSR count). The molecular weight excluding hydrogens is 296 g/mol. The molecule has 0 bridgehead atoms. The van der Waals surface area contributed by atoms with Crippen molar-refractivity contribution in [2.75, 3.05) is 5.75 Å². The molecule has 1 aliphatic rings. The summed E-state index contributed by atoms with van der Waals surface area (Å²) >= 11 is 0. The quantitative estimate of drug-likeness (QED) is 0.830. The van der Waals surface area contributed by atoms with Crippen LogP contribution in [0.2, 0.25) is 0 Å². The molecule has 21 heavy (non-hydrogen) atoms. The summed E-state index contributed by atoms with van der Waals surface area (Å²) in [7, 11) is -3.35. The molecule has 1 unspecified atom stereocenters. The number of amides is 1. The molecule has 7 nitrogen and oxygen atoms in total. The van der Waals surface area contributed by atoms with Gasteiger partial charge in [0.2, 0.25) is 5.91 Å². The van der Waals surface area contributed by atoms with Crippen LogP contribution in [0.1, 0.15) is 35.3 Å². The van der Waals surface area contributed by atoms with Crippen LogP contribution in [-0.2, 0) is 21.2 Å². The van der Waals surface area contributed by atoms with Gasteiger partial charge in [0.05, 0.1) is 5.75 Å². The van der Waals surface area contributed by atoms with Gasteiger partial charge in [0.25, 0.3) is 0 Å². The lowest BCUT2D eigenvalue weighted by Crippen LogP contribution is -2.42. The number of rotatable bonds is 4. The van der Waals surface area contributed by atoms with E-state index in [1.807, 2.05) is 0 Å². The zero-order valence-corrected chi connectivity index (χ0v) is 12.1. The van der Waals surface area contributed by atoms with E-state index in [0.717, 1.165) is 6.42 Å². The lowest BCUT2D eigenvalue weighted by atomic mass is 10.2. The summed E-state index contributed by atoms with van der Waals surface area (Å²) in [6.45, 7) is 0.123. The van der Waals surface area contributed by atoms with Crippen LogP contribution in [0.5, 0.6) is 0 Å². The molecule has 0 spiro atoms. The number of sulfone groups is 1. The Kier molecular flexibility index (Phi) is 4.56. The molecular formula is C13H16N2O5S. The lowest BCUT2D eigenvalue weighted by Gasteiger charge is -2.21. The predicted octanol–water partition coefficient (Wildman–Crippen LogP) is 0.363. The Bertz CT molecular complexity index is 639. The fourth-order valence-electron chi connectivity index (χ4n) is 2.21. The van der Waals surface area contributed by atoms with E-state index in [1.165, 1.54) is 18.3 Å². The highest BCUT2D eigenvalue weighted by Crippen LogP contribution is 2.19. The average molecular weight is 312 g/mol. The Hall–Kier alpha value is -1.96. The molecule has 1 amide bonds. The summed E-state index contributed by atoms with van der Waals surface area (Å²) in [6, 6.07) is 2.87. The first-order valence-electron chi connectivity index (χ1n) is 6.57. The molecule has 0 radical (unpaired) electrons. The molecule has 1 aromatic heterocycles. The zero-order chi connectivity index (χ0) is 15.5. The number of carboxylic acids is 1. The van der Waals surface area contributed by atoms with Gasteiger partial charge in [0.15, 0.2) is 9.84 Å². The molecule has 114 valence electrons. The first-order valence-corrected chi connectivity index (χ1v) is 8.29. The smallest absolute Gasteiger partial charge is 0.354 e. The van der Waals surface area contributed by atoms with Crippen molar-refractivity contribution in [3.63, 3.8) is 0 Å². The third kappa shape index (κ3) is 3.78. The maximum absolute atomic E-state index is 12.0. The number of carbonyl (C=O) groups excluding carboxylic acids is 1. The van der Waals surface area contributed by atoms with Gasteiger partial charge in [-0.2, -0.15) is 0 Å². The van der Waals surface area contributed by atoms with Crippen molar-refractivity contribution in [3.8, 4) is 0 Å². The monoisotopic (exact) mass is 312 g/mol. The van der Waals surface area contributed by atoms with Crippen molar-refractivity contribution in [3.05, 3.63) is 29.6 Å². The first-order chi connectivity index (χ1) is 9.90. The average Bonchev–Trinajstić information content (AvgIpc) is 2.44. The summed E-state index contributed by atoms with van der Waals surface area (Å²) in [6.07, 6.45) is 3.03. The summed E-state index contributed by atoms with van der Waals surface area (Å²) in [5.41, 5.74) is 0.529. The summed E-state index contributed by atoms with van der Waals surface area (Å²) < 4.78 is 23.6. The van der Waals surface area contributed by atoms with E-state index in [2.05, 4.69) is 10.3 Å². The SMILES string of the molecule is O=C(O)c1ccc(CNC(=O)C2CCCCS2(=O)=O)cn1. The second kappa shape index (κ2) is 6.21. The Morgan fingerprint density at radius 2 is 2.10 bits per heavy atom. The number of carbonyl (C=O) groups is 2.